The van der Waals surface area contributed by atoms with Crippen molar-refractivity contribution < 1.29 is 0 Å². The summed E-state index contributed by atoms with van der Waals surface area (Å²) in [7, 11) is 0.314. The second kappa shape index (κ2) is 3.53. The molecule has 0 aromatic heterocycles. The van der Waals surface area contributed by atoms with Gasteiger partial charge >= 0.3 is 0 Å². The van der Waals surface area contributed by atoms with E-state index in [1.165, 1.54) is 19.0 Å². The van der Waals surface area contributed by atoms with Gasteiger partial charge in [-0.1, -0.05) is 27.8 Å². The van der Waals surface area contributed by atoms with Crippen molar-refractivity contribution in [3.05, 3.63) is 12.7 Å². The molecule has 0 spiro atoms. The lowest BCUT2D eigenvalue weighted by Gasteiger charge is -2.20. The highest BCUT2D eigenvalue weighted by molar-refractivity contribution is 7.59. The molecule has 0 saturated carbocycles. The molecule has 0 aliphatic carbocycles. The van der Waals surface area contributed by atoms with Crippen molar-refractivity contribution in [1.29, 1.82) is 0 Å². The van der Waals surface area contributed by atoms with Crippen LogP contribution in [0.15, 0.2) is 12.7 Å². The van der Waals surface area contributed by atoms with E-state index in [4.69, 9.17) is 0 Å². The first kappa shape index (κ1) is 8.27. The standard InChI is InChI=1S/C9H17P/c1-4-8(2)10-7-5-6-9(10)3/h4,8-9H,1,5-7H2,2-3H3. The molecule has 58 valence electrons. The van der Waals surface area contributed by atoms with Crippen LogP contribution < -0.4 is 0 Å². The van der Waals surface area contributed by atoms with Crippen molar-refractivity contribution in [2.75, 3.05) is 6.16 Å². The Labute approximate surface area is 65.5 Å². The van der Waals surface area contributed by atoms with Crippen molar-refractivity contribution >= 4 is 7.92 Å². The van der Waals surface area contributed by atoms with Gasteiger partial charge < -0.3 is 0 Å². The third-order valence-electron chi connectivity index (χ3n) is 2.47. The van der Waals surface area contributed by atoms with Gasteiger partial charge in [-0.2, -0.15) is 0 Å². The van der Waals surface area contributed by atoms with Gasteiger partial charge in [0.05, 0.1) is 0 Å². The van der Waals surface area contributed by atoms with Gasteiger partial charge in [0.25, 0.3) is 0 Å². The molecular formula is C9H17P. The number of hydrogen-bond donors (Lipinski definition) is 0. The maximum absolute atomic E-state index is 3.86. The van der Waals surface area contributed by atoms with Crippen LogP contribution >= 0.6 is 7.92 Å². The van der Waals surface area contributed by atoms with Gasteiger partial charge in [-0.25, -0.2) is 0 Å². The van der Waals surface area contributed by atoms with Crippen LogP contribution in [0.2, 0.25) is 0 Å². The molecule has 0 nitrogen and oxygen atoms in total. The number of hydrogen-bond acceptors (Lipinski definition) is 0. The first-order valence-electron chi connectivity index (χ1n) is 4.14. The van der Waals surface area contributed by atoms with Gasteiger partial charge in [-0.3, -0.25) is 0 Å². The van der Waals surface area contributed by atoms with Crippen molar-refractivity contribution in [3.8, 4) is 0 Å². The van der Waals surface area contributed by atoms with Crippen molar-refractivity contribution in [1.82, 2.24) is 0 Å². The minimum absolute atomic E-state index is 0.314. The van der Waals surface area contributed by atoms with Crippen LogP contribution in [0.4, 0.5) is 0 Å². The van der Waals surface area contributed by atoms with Gasteiger partial charge in [0.2, 0.25) is 0 Å². The second-order valence-electron chi connectivity index (χ2n) is 3.21. The molecule has 3 unspecified atom stereocenters. The van der Waals surface area contributed by atoms with Crippen LogP contribution in [0.3, 0.4) is 0 Å². The van der Waals surface area contributed by atoms with E-state index in [1.807, 2.05) is 0 Å². The predicted octanol–water partition coefficient (Wildman–Crippen LogP) is 3.23. The van der Waals surface area contributed by atoms with Crippen LogP contribution in [0.25, 0.3) is 0 Å². The van der Waals surface area contributed by atoms with E-state index in [-0.39, 0.29) is 0 Å². The van der Waals surface area contributed by atoms with E-state index in [1.54, 1.807) is 0 Å². The van der Waals surface area contributed by atoms with E-state index < -0.39 is 0 Å². The van der Waals surface area contributed by atoms with E-state index >= 15 is 0 Å². The normalized spacial score (nSPS) is 35.8. The molecule has 1 heteroatoms. The molecule has 1 saturated heterocycles. The van der Waals surface area contributed by atoms with Gasteiger partial charge in [-0.15, -0.1) is 6.58 Å². The first-order valence-corrected chi connectivity index (χ1v) is 5.80. The lowest BCUT2D eigenvalue weighted by molar-refractivity contribution is 0.834. The summed E-state index contributed by atoms with van der Waals surface area (Å²) in [4.78, 5) is 0. The highest BCUT2D eigenvalue weighted by atomic mass is 31.1. The molecule has 10 heavy (non-hydrogen) atoms. The molecule has 3 atom stereocenters. The Balaban J connectivity index is 2.46. The molecule has 1 aliphatic rings. The highest BCUT2D eigenvalue weighted by Crippen LogP contribution is 2.53. The van der Waals surface area contributed by atoms with E-state index in [0.29, 0.717) is 7.92 Å². The van der Waals surface area contributed by atoms with Crippen LogP contribution in [0.1, 0.15) is 26.7 Å². The van der Waals surface area contributed by atoms with E-state index in [0.717, 1.165) is 11.3 Å². The highest BCUT2D eigenvalue weighted by Gasteiger charge is 2.25. The van der Waals surface area contributed by atoms with Gasteiger partial charge in [-0.05, 0) is 30.3 Å². The smallest absolute Gasteiger partial charge is 0.00583 e. The summed E-state index contributed by atoms with van der Waals surface area (Å²) < 4.78 is 0. The van der Waals surface area contributed by atoms with Crippen LogP contribution in [0.5, 0.6) is 0 Å². The third-order valence-corrected chi connectivity index (χ3v) is 5.95. The lowest BCUT2D eigenvalue weighted by atomic mass is 10.3. The third kappa shape index (κ3) is 1.61. The maximum atomic E-state index is 3.86. The second-order valence-corrected chi connectivity index (χ2v) is 6.38. The Bertz CT molecular complexity index is 120. The van der Waals surface area contributed by atoms with E-state index in [9.17, 15) is 0 Å². The summed E-state index contributed by atoms with van der Waals surface area (Å²) in [6, 6.07) is 0. The summed E-state index contributed by atoms with van der Waals surface area (Å²) >= 11 is 0. The first-order chi connectivity index (χ1) is 4.75. The molecule has 1 fully saturated rings. The molecule has 0 aromatic rings. The van der Waals surface area contributed by atoms with Crippen molar-refractivity contribution in [3.63, 3.8) is 0 Å². The summed E-state index contributed by atoms with van der Waals surface area (Å²) in [5, 5.41) is 0. The Morgan fingerprint density at radius 1 is 1.70 bits per heavy atom. The Hall–Kier alpha value is 0.170. The molecule has 1 rings (SSSR count). The molecule has 0 aromatic carbocycles. The largest absolute Gasteiger partial charge is 0.102 e. The molecule has 0 bridgehead atoms. The molecule has 1 heterocycles. The zero-order valence-corrected chi connectivity index (χ0v) is 7.90. The minimum atomic E-state index is 0.314. The summed E-state index contributed by atoms with van der Waals surface area (Å²) in [5.41, 5.74) is 1.80. The van der Waals surface area contributed by atoms with Gasteiger partial charge in [0, 0.05) is 0 Å². The zero-order chi connectivity index (χ0) is 7.56. The summed E-state index contributed by atoms with van der Waals surface area (Å²) in [5.74, 6) is 0. The van der Waals surface area contributed by atoms with Crippen molar-refractivity contribution in [2.24, 2.45) is 0 Å². The van der Waals surface area contributed by atoms with E-state index in [2.05, 4.69) is 26.5 Å². The van der Waals surface area contributed by atoms with Crippen LogP contribution in [-0.4, -0.2) is 17.5 Å². The molecular weight excluding hydrogens is 139 g/mol. The summed E-state index contributed by atoms with van der Waals surface area (Å²) in [6.45, 7) is 8.58. The molecule has 0 radical (unpaired) electrons. The van der Waals surface area contributed by atoms with Gasteiger partial charge in [0.1, 0.15) is 0 Å². The fourth-order valence-electron chi connectivity index (χ4n) is 1.70. The predicted molar refractivity (Wildman–Crippen MR) is 50.1 cm³/mol. The zero-order valence-electron chi connectivity index (χ0n) is 7.01. The Kier molecular flexibility index (Phi) is 2.92. The van der Waals surface area contributed by atoms with Crippen LogP contribution in [-0.2, 0) is 0 Å². The number of rotatable bonds is 2. The monoisotopic (exact) mass is 156 g/mol. The molecule has 0 N–H and O–H groups in total. The fraction of sp³-hybridized carbons (Fsp3) is 0.778. The SMILES string of the molecule is C=CC(C)P1CCCC1C. The number of allylic oxidation sites excluding steroid dienone is 1. The lowest BCUT2D eigenvalue weighted by Crippen LogP contribution is -2.02. The molecule has 1 aliphatic heterocycles. The van der Waals surface area contributed by atoms with Crippen molar-refractivity contribution in [2.45, 2.75) is 38.0 Å². The maximum Gasteiger partial charge on any atom is -0.00583 e. The van der Waals surface area contributed by atoms with Gasteiger partial charge in [0.15, 0.2) is 0 Å². The average Bonchev–Trinajstić information content (AvgIpc) is 2.34. The quantitative estimate of drug-likeness (QED) is 0.425. The Morgan fingerprint density at radius 3 is 2.80 bits per heavy atom. The topological polar surface area (TPSA) is 0 Å². The van der Waals surface area contributed by atoms with Crippen LogP contribution in [0, 0.1) is 0 Å². The summed E-state index contributed by atoms with van der Waals surface area (Å²) in [6.07, 6.45) is 6.55. The molecule has 0 amide bonds. The average molecular weight is 156 g/mol. The Morgan fingerprint density at radius 2 is 2.40 bits per heavy atom. The fourth-order valence-corrected chi connectivity index (χ4v) is 4.68. The minimum Gasteiger partial charge on any atom is -0.102 e.